The Kier molecular flexibility index (Phi) is 5.65. The van der Waals surface area contributed by atoms with E-state index in [-0.39, 0.29) is 5.91 Å². The molecule has 2 aliphatic rings. The summed E-state index contributed by atoms with van der Waals surface area (Å²) in [6.07, 6.45) is 6.83. The molecule has 1 saturated heterocycles. The van der Waals surface area contributed by atoms with Crippen LogP contribution in [0.4, 0.5) is 0 Å². The summed E-state index contributed by atoms with van der Waals surface area (Å²) >= 11 is 0. The number of morpholine rings is 1. The lowest BCUT2D eigenvalue weighted by molar-refractivity contribution is 0.0341. The molecular weight excluding hydrogens is 388 g/mol. The van der Waals surface area contributed by atoms with Gasteiger partial charge >= 0.3 is 0 Å². The Morgan fingerprint density at radius 3 is 2.84 bits per heavy atom. The van der Waals surface area contributed by atoms with Gasteiger partial charge in [0.1, 0.15) is 0 Å². The van der Waals surface area contributed by atoms with E-state index in [2.05, 4.69) is 62.7 Å². The number of H-pyrrole nitrogens is 1. The van der Waals surface area contributed by atoms with E-state index < -0.39 is 0 Å². The molecule has 0 bridgehead atoms. The average molecular weight is 415 g/mol. The van der Waals surface area contributed by atoms with Gasteiger partial charge in [0.05, 0.1) is 24.5 Å². The topological polar surface area (TPSA) is 70.2 Å². The van der Waals surface area contributed by atoms with Crippen molar-refractivity contribution in [3.8, 4) is 11.3 Å². The van der Waals surface area contributed by atoms with Crippen molar-refractivity contribution in [2.75, 3.05) is 32.8 Å². The fraction of sp³-hybridized carbons (Fsp3) is 0.280. The Morgan fingerprint density at radius 2 is 1.97 bits per heavy atom. The van der Waals surface area contributed by atoms with Crippen molar-refractivity contribution < 1.29 is 9.53 Å². The number of nitrogens with zero attached hydrogens (tertiary/aromatic N) is 2. The smallest absolute Gasteiger partial charge is 0.253 e. The quantitative estimate of drug-likeness (QED) is 0.672. The molecule has 1 fully saturated rings. The highest BCUT2D eigenvalue weighted by Gasteiger charge is 2.20. The number of benzene rings is 1. The minimum atomic E-state index is -0.00481. The lowest BCUT2D eigenvalue weighted by Gasteiger charge is -2.27. The van der Waals surface area contributed by atoms with Crippen LogP contribution in [0.15, 0.2) is 48.7 Å². The van der Waals surface area contributed by atoms with Crippen LogP contribution >= 0.6 is 0 Å². The van der Waals surface area contributed by atoms with Crippen LogP contribution in [-0.2, 0) is 17.7 Å². The number of carbonyl (C=O) groups excluding carboxylic acids is 1. The Bertz CT molecular complexity index is 1110. The molecule has 2 N–H and O–H groups in total. The number of ether oxygens (including phenoxy) is 1. The summed E-state index contributed by atoms with van der Waals surface area (Å²) < 4.78 is 5.46. The van der Waals surface area contributed by atoms with Crippen LogP contribution in [0.1, 0.15) is 32.9 Å². The summed E-state index contributed by atoms with van der Waals surface area (Å²) in [5.41, 5.74) is 7.12. The van der Waals surface area contributed by atoms with Gasteiger partial charge in [0.25, 0.3) is 5.91 Å². The molecule has 0 atom stereocenters. The van der Waals surface area contributed by atoms with Crippen LogP contribution < -0.4 is 5.32 Å². The van der Waals surface area contributed by atoms with E-state index in [1.54, 1.807) is 0 Å². The Hall–Kier alpha value is -3.22. The lowest BCUT2D eigenvalue weighted by Crippen LogP contribution is -2.35. The number of hydrogen-bond acceptors (Lipinski definition) is 4. The molecule has 0 saturated carbocycles. The highest BCUT2D eigenvalue weighted by Crippen LogP contribution is 2.25. The maximum absolute atomic E-state index is 12.1. The molecule has 1 amide bonds. The number of aromatic amines is 1. The average Bonchev–Trinajstić information content (AvgIpc) is 3.25. The minimum Gasteiger partial charge on any atom is -0.379 e. The molecule has 4 heterocycles. The van der Waals surface area contributed by atoms with Gasteiger partial charge in [0.2, 0.25) is 0 Å². The summed E-state index contributed by atoms with van der Waals surface area (Å²) in [7, 11) is 0. The van der Waals surface area contributed by atoms with Gasteiger partial charge in [-0.15, -0.1) is 0 Å². The first-order valence-corrected chi connectivity index (χ1v) is 10.8. The Labute approximate surface area is 182 Å². The van der Waals surface area contributed by atoms with Gasteiger partial charge in [-0.3, -0.25) is 14.7 Å². The molecule has 0 spiro atoms. The van der Waals surface area contributed by atoms with E-state index in [1.807, 2.05) is 18.3 Å². The fourth-order valence-corrected chi connectivity index (χ4v) is 4.17. The van der Waals surface area contributed by atoms with Gasteiger partial charge in [0.15, 0.2) is 0 Å². The molecule has 0 unspecified atom stereocenters. The SMILES string of the molecule is O=C1NCCc2[nH]c(-c3ccnc(C=Cc4ccccc4CN4CCOCC4)c3)cc21. The van der Waals surface area contributed by atoms with Crippen molar-refractivity contribution in [2.45, 2.75) is 13.0 Å². The molecule has 0 aliphatic carbocycles. The predicted octanol–water partition coefficient (Wildman–Crippen LogP) is 3.37. The van der Waals surface area contributed by atoms with Gasteiger partial charge in [-0.1, -0.05) is 30.3 Å². The van der Waals surface area contributed by atoms with Crippen molar-refractivity contribution in [2.24, 2.45) is 0 Å². The van der Waals surface area contributed by atoms with Gasteiger partial charge in [0, 0.05) is 55.7 Å². The molecule has 6 heteroatoms. The second-order valence-electron chi connectivity index (χ2n) is 7.97. The second-order valence-corrected chi connectivity index (χ2v) is 7.97. The molecule has 3 aromatic rings. The van der Waals surface area contributed by atoms with Crippen LogP contribution in [0.3, 0.4) is 0 Å². The van der Waals surface area contributed by atoms with Crippen LogP contribution in [0, 0.1) is 0 Å². The summed E-state index contributed by atoms with van der Waals surface area (Å²) in [5, 5.41) is 2.89. The number of nitrogens with one attached hydrogen (secondary N) is 2. The second kappa shape index (κ2) is 8.88. The maximum Gasteiger partial charge on any atom is 0.253 e. The van der Waals surface area contributed by atoms with E-state index in [1.165, 1.54) is 11.1 Å². The summed E-state index contributed by atoms with van der Waals surface area (Å²) in [4.78, 5) is 22.4. The minimum absolute atomic E-state index is 0.00481. The number of rotatable bonds is 5. The van der Waals surface area contributed by atoms with Crippen LogP contribution in [0.25, 0.3) is 23.4 Å². The van der Waals surface area contributed by atoms with Gasteiger partial charge in [-0.05, 0) is 35.4 Å². The number of pyridine rings is 1. The first kappa shape index (κ1) is 19.7. The predicted molar refractivity (Wildman–Crippen MR) is 122 cm³/mol. The number of hydrogen-bond donors (Lipinski definition) is 2. The third-order valence-electron chi connectivity index (χ3n) is 5.88. The first-order valence-electron chi connectivity index (χ1n) is 10.8. The van der Waals surface area contributed by atoms with E-state index in [0.29, 0.717) is 6.54 Å². The van der Waals surface area contributed by atoms with Crippen molar-refractivity contribution in [3.63, 3.8) is 0 Å². The van der Waals surface area contributed by atoms with Crippen LogP contribution in [0.2, 0.25) is 0 Å². The Balaban J connectivity index is 1.36. The monoisotopic (exact) mass is 414 g/mol. The van der Waals surface area contributed by atoms with Crippen molar-refractivity contribution >= 4 is 18.1 Å². The number of fused-ring (bicyclic) bond motifs is 1. The van der Waals surface area contributed by atoms with Crippen molar-refractivity contribution in [1.29, 1.82) is 0 Å². The zero-order valence-electron chi connectivity index (χ0n) is 17.4. The molecule has 2 aliphatic heterocycles. The molecule has 0 radical (unpaired) electrons. The van der Waals surface area contributed by atoms with Gasteiger partial charge in [-0.25, -0.2) is 0 Å². The highest BCUT2D eigenvalue weighted by atomic mass is 16.5. The molecule has 2 aromatic heterocycles. The van der Waals surface area contributed by atoms with Crippen LogP contribution in [0.5, 0.6) is 0 Å². The van der Waals surface area contributed by atoms with Crippen molar-refractivity contribution in [1.82, 2.24) is 20.2 Å². The molecule has 1 aromatic carbocycles. The van der Waals surface area contributed by atoms with Gasteiger partial charge in [-0.2, -0.15) is 0 Å². The summed E-state index contributed by atoms with van der Waals surface area (Å²) in [6.45, 7) is 5.16. The third kappa shape index (κ3) is 4.45. The number of amides is 1. The number of carbonyl (C=O) groups is 1. The van der Waals surface area contributed by atoms with Gasteiger partial charge < -0.3 is 15.0 Å². The molecule has 5 rings (SSSR count). The lowest BCUT2D eigenvalue weighted by atomic mass is 10.1. The van der Waals surface area contributed by atoms with Crippen molar-refractivity contribution in [3.05, 3.63) is 76.7 Å². The zero-order valence-corrected chi connectivity index (χ0v) is 17.4. The van der Waals surface area contributed by atoms with Crippen LogP contribution in [-0.4, -0.2) is 53.6 Å². The summed E-state index contributed by atoms with van der Waals surface area (Å²) in [5.74, 6) is -0.00481. The zero-order chi connectivity index (χ0) is 21.0. The largest absolute Gasteiger partial charge is 0.379 e. The molecular formula is C25H26N4O2. The molecule has 31 heavy (non-hydrogen) atoms. The summed E-state index contributed by atoms with van der Waals surface area (Å²) in [6, 6.07) is 14.5. The van der Waals surface area contributed by atoms with E-state index in [9.17, 15) is 4.79 Å². The standard InChI is InChI=1S/C25H26N4O2/c30-25-22-16-24(28-23(22)8-10-27-25)19-7-9-26-21(15-19)6-5-18-3-1-2-4-20(18)17-29-11-13-31-14-12-29/h1-7,9,15-16,28H,8,10-14,17H2,(H,27,30). The number of aromatic nitrogens is 2. The molecule has 6 nitrogen and oxygen atoms in total. The molecule has 158 valence electrons. The first-order chi connectivity index (χ1) is 15.3. The maximum atomic E-state index is 12.1. The third-order valence-corrected chi connectivity index (χ3v) is 5.88. The van der Waals surface area contributed by atoms with E-state index in [0.717, 1.165) is 67.5 Å². The fourth-order valence-electron chi connectivity index (χ4n) is 4.17. The normalized spacial score (nSPS) is 17.0. The Morgan fingerprint density at radius 1 is 1.10 bits per heavy atom. The highest BCUT2D eigenvalue weighted by molar-refractivity contribution is 5.97. The van der Waals surface area contributed by atoms with E-state index >= 15 is 0 Å². The van der Waals surface area contributed by atoms with E-state index in [4.69, 9.17) is 4.74 Å².